The Hall–Kier alpha value is -1.62. The Kier molecular flexibility index (Phi) is 3.93. The molecule has 0 bridgehead atoms. The molecule has 0 spiro atoms. The van der Waals surface area contributed by atoms with Crippen molar-refractivity contribution in [3.05, 3.63) is 46.8 Å². The van der Waals surface area contributed by atoms with Crippen molar-refractivity contribution in [3.8, 4) is 5.88 Å². The van der Waals surface area contributed by atoms with Gasteiger partial charge >= 0.3 is 0 Å². The molecule has 1 N–H and O–H groups in total. The van der Waals surface area contributed by atoms with Crippen molar-refractivity contribution < 1.29 is 4.74 Å². The lowest BCUT2D eigenvalue weighted by atomic mass is 10.3. The van der Waals surface area contributed by atoms with Gasteiger partial charge in [0, 0.05) is 25.0 Å². The number of anilines is 1. The molecule has 0 aliphatic rings. The van der Waals surface area contributed by atoms with Crippen LogP contribution in [0.1, 0.15) is 5.56 Å². The number of pyridine rings is 2. The van der Waals surface area contributed by atoms with E-state index in [2.05, 4.69) is 31.2 Å². The predicted molar refractivity (Wildman–Crippen MR) is 70.1 cm³/mol. The van der Waals surface area contributed by atoms with Crippen LogP contribution in [0.5, 0.6) is 5.88 Å². The maximum absolute atomic E-state index is 5.00. The van der Waals surface area contributed by atoms with Crippen molar-refractivity contribution in [3.63, 3.8) is 0 Å². The van der Waals surface area contributed by atoms with Gasteiger partial charge in [-0.15, -0.1) is 0 Å². The summed E-state index contributed by atoms with van der Waals surface area (Å²) < 4.78 is 5.81. The molecule has 0 saturated heterocycles. The lowest BCUT2D eigenvalue weighted by Gasteiger charge is -2.07. The number of nitrogens with zero attached hydrogens (tertiary/aromatic N) is 2. The summed E-state index contributed by atoms with van der Waals surface area (Å²) in [5, 5.41) is 3.28. The zero-order valence-corrected chi connectivity index (χ0v) is 10.9. The quantitative estimate of drug-likeness (QED) is 0.881. The van der Waals surface area contributed by atoms with Gasteiger partial charge in [-0.05, 0) is 33.6 Å². The Labute approximate surface area is 108 Å². The molecule has 0 fully saturated rings. The summed E-state index contributed by atoms with van der Waals surface area (Å²) in [6, 6.07) is 7.67. The molecular formula is C12H12BrN3O. The molecule has 4 nitrogen and oxygen atoms in total. The Morgan fingerprint density at radius 2 is 2.18 bits per heavy atom. The maximum Gasteiger partial charge on any atom is 0.212 e. The second kappa shape index (κ2) is 5.63. The van der Waals surface area contributed by atoms with E-state index in [1.165, 1.54) is 0 Å². The molecule has 88 valence electrons. The number of nitrogens with one attached hydrogen (secondary N) is 1. The van der Waals surface area contributed by atoms with Crippen LogP contribution in [0, 0.1) is 0 Å². The van der Waals surface area contributed by atoms with Crippen molar-refractivity contribution in [1.29, 1.82) is 0 Å². The molecular weight excluding hydrogens is 282 g/mol. The smallest absolute Gasteiger partial charge is 0.212 e. The van der Waals surface area contributed by atoms with Gasteiger partial charge in [-0.25, -0.2) is 9.97 Å². The minimum Gasteiger partial charge on any atom is -0.481 e. The first-order valence-electron chi connectivity index (χ1n) is 5.13. The number of hydrogen-bond donors (Lipinski definition) is 1. The van der Waals surface area contributed by atoms with Crippen LogP contribution in [0.15, 0.2) is 41.3 Å². The molecule has 2 heterocycles. The van der Waals surface area contributed by atoms with Crippen LogP contribution < -0.4 is 10.1 Å². The molecule has 17 heavy (non-hydrogen) atoms. The van der Waals surface area contributed by atoms with Gasteiger partial charge < -0.3 is 10.1 Å². The van der Waals surface area contributed by atoms with Gasteiger partial charge in [0.15, 0.2) is 0 Å². The van der Waals surface area contributed by atoms with Crippen molar-refractivity contribution in [2.75, 3.05) is 12.4 Å². The van der Waals surface area contributed by atoms with Crippen LogP contribution in [0.25, 0.3) is 0 Å². The Balaban J connectivity index is 2.00. The van der Waals surface area contributed by atoms with Crippen LogP contribution in [0.2, 0.25) is 0 Å². The van der Waals surface area contributed by atoms with E-state index in [9.17, 15) is 0 Å². The second-order valence-corrected chi connectivity index (χ2v) is 4.16. The molecule has 0 saturated carbocycles. The van der Waals surface area contributed by atoms with E-state index >= 15 is 0 Å². The summed E-state index contributed by atoms with van der Waals surface area (Å²) in [6.45, 7) is 0.696. The average Bonchev–Trinajstić information content (AvgIpc) is 2.38. The summed E-state index contributed by atoms with van der Waals surface area (Å²) in [5.74, 6) is 0.622. The van der Waals surface area contributed by atoms with Crippen LogP contribution in [0.3, 0.4) is 0 Å². The maximum atomic E-state index is 5.00. The minimum absolute atomic E-state index is 0.622. The standard InChI is InChI=1S/C12H12BrN3O/c1-17-11-5-4-9(8-16-11)7-15-10-3-2-6-14-12(10)13/h2-6,8,15H,7H2,1H3. The number of aromatic nitrogens is 2. The fourth-order valence-corrected chi connectivity index (χ4v) is 1.74. The van der Waals surface area contributed by atoms with Crippen molar-refractivity contribution in [2.24, 2.45) is 0 Å². The molecule has 0 aliphatic heterocycles. The highest BCUT2D eigenvalue weighted by atomic mass is 79.9. The fraction of sp³-hybridized carbons (Fsp3) is 0.167. The Morgan fingerprint density at radius 3 is 2.82 bits per heavy atom. The Bertz CT molecular complexity index is 487. The van der Waals surface area contributed by atoms with E-state index in [0.717, 1.165) is 15.9 Å². The Morgan fingerprint density at radius 1 is 1.29 bits per heavy atom. The minimum atomic E-state index is 0.622. The molecule has 0 amide bonds. The van der Waals surface area contributed by atoms with Gasteiger partial charge in [0.05, 0.1) is 12.8 Å². The van der Waals surface area contributed by atoms with Gasteiger partial charge in [0.1, 0.15) is 4.60 Å². The molecule has 2 rings (SSSR count). The van der Waals surface area contributed by atoms with E-state index in [4.69, 9.17) is 4.74 Å². The lowest BCUT2D eigenvalue weighted by Crippen LogP contribution is -2.01. The second-order valence-electron chi connectivity index (χ2n) is 3.40. The zero-order valence-electron chi connectivity index (χ0n) is 9.35. The summed E-state index contributed by atoms with van der Waals surface area (Å²) in [4.78, 5) is 8.28. The van der Waals surface area contributed by atoms with Crippen molar-refractivity contribution in [2.45, 2.75) is 6.54 Å². The van der Waals surface area contributed by atoms with Gasteiger partial charge in [-0.2, -0.15) is 0 Å². The van der Waals surface area contributed by atoms with E-state index < -0.39 is 0 Å². The topological polar surface area (TPSA) is 47.0 Å². The highest BCUT2D eigenvalue weighted by Gasteiger charge is 2.00. The third-order valence-corrected chi connectivity index (χ3v) is 2.88. The average molecular weight is 294 g/mol. The summed E-state index contributed by atoms with van der Waals surface area (Å²) in [7, 11) is 1.60. The molecule has 0 atom stereocenters. The molecule has 5 heteroatoms. The highest BCUT2D eigenvalue weighted by molar-refractivity contribution is 9.10. The van der Waals surface area contributed by atoms with Crippen LogP contribution in [-0.4, -0.2) is 17.1 Å². The van der Waals surface area contributed by atoms with Crippen molar-refractivity contribution >= 4 is 21.6 Å². The van der Waals surface area contributed by atoms with Gasteiger partial charge in [0.2, 0.25) is 5.88 Å². The SMILES string of the molecule is COc1ccc(CNc2cccnc2Br)cn1. The highest BCUT2D eigenvalue weighted by Crippen LogP contribution is 2.19. The molecule has 2 aromatic rings. The van der Waals surface area contributed by atoms with Gasteiger partial charge in [0.25, 0.3) is 0 Å². The third-order valence-electron chi connectivity index (χ3n) is 2.25. The molecule has 0 aromatic carbocycles. The van der Waals surface area contributed by atoms with Crippen LogP contribution >= 0.6 is 15.9 Å². The normalized spacial score (nSPS) is 10.0. The number of rotatable bonds is 4. The number of halogens is 1. The molecule has 0 unspecified atom stereocenters. The summed E-state index contributed by atoms with van der Waals surface area (Å²) >= 11 is 3.38. The summed E-state index contributed by atoms with van der Waals surface area (Å²) in [5.41, 5.74) is 2.05. The van der Waals surface area contributed by atoms with E-state index in [1.807, 2.05) is 24.3 Å². The van der Waals surface area contributed by atoms with Crippen molar-refractivity contribution in [1.82, 2.24) is 9.97 Å². The monoisotopic (exact) mass is 293 g/mol. The largest absolute Gasteiger partial charge is 0.481 e. The third kappa shape index (κ3) is 3.17. The summed E-state index contributed by atoms with van der Waals surface area (Å²) in [6.07, 6.45) is 3.53. The predicted octanol–water partition coefficient (Wildman–Crippen LogP) is 2.86. The first-order valence-corrected chi connectivity index (χ1v) is 5.92. The van der Waals surface area contributed by atoms with Gasteiger partial charge in [-0.1, -0.05) is 6.07 Å². The number of ether oxygens (including phenoxy) is 1. The van der Waals surface area contributed by atoms with Gasteiger partial charge in [-0.3, -0.25) is 0 Å². The number of methoxy groups -OCH3 is 1. The molecule has 2 aromatic heterocycles. The first kappa shape index (κ1) is 11.9. The molecule has 0 radical (unpaired) electrons. The van der Waals surface area contributed by atoms with E-state index in [1.54, 1.807) is 19.5 Å². The molecule has 0 aliphatic carbocycles. The van der Waals surface area contributed by atoms with Crippen LogP contribution in [0.4, 0.5) is 5.69 Å². The fourth-order valence-electron chi connectivity index (χ4n) is 1.35. The van der Waals surface area contributed by atoms with Crippen LogP contribution in [-0.2, 0) is 6.54 Å². The van der Waals surface area contributed by atoms with E-state index in [-0.39, 0.29) is 0 Å². The van der Waals surface area contributed by atoms with E-state index in [0.29, 0.717) is 12.4 Å². The first-order chi connectivity index (χ1) is 8.29. The number of hydrogen-bond acceptors (Lipinski definition) is 4. The zero-order chi connectivity index (χ0) is 12.1. The lowest BCUT2D eigenvalue weighted by molar-refractivity contribution is 0.397.